The zero-order valence-electron chi connectivity index (χ0n) is 12.3. The average molecular weight is 356 g/mol. The van der Waals surface area contributed by atoms with Gasteiger partial charge in [-0.2, -0.15) is 0 Å². The first kappa shape index (κ1) is 19.3. The van der Waals surface area contributed by atoms with Crippen LogP contribution in [-0.2, 0) is 13.2 Å². The van der Waals surface area contributed by atoms with Gasteiger partial charge in [-0.1, -0.05) is 23.7 Å². The highest BCUT2D eigenvalue weighted by Gasteiger charge is 2.12. The maximum Gasteiger partial charge on any atom is 0.292 e. The number of benzene rings is 2. The summed E-state index contributed by atoms with van der Waals surface area (Å²) in [7, 11) is 0. The van der Waals surface area contributed by atoms with Gasteiger partial charge in [0.15, 0.2) is 0 Å². The average Bonchev–Trinajstić information content (AvgIpc) is 2.56. The number of nitrogens with two attached hydrogens (primary N) is 1. The summed E-state index contributed by atoms with van der Waals surface area (Å²) >= 11 is 5.52. The van der Waals surface area contributed by atoms with Crippen molar-refractivity contribution in [2.45, 2.75) is 13.2 Å². The molecule has 2 aromatic carbocycles. The number of rotatable bonds is 4. The molecule has 10 heteroatoms. The number of nitro benzene ring substituents is 2. The molecule has 9 nitrogen and oxygen atoms in total. The van der Waals surface area contributed by atoms with Crippen LogP contribution in [-0.4, -0.2) is 20.1 Å². The van der Waals surface area contributed by atoms with Crippen LogP contribution in [0.5, 0.6) is 0 Å². The van der Waals surface area contributed by atoms with E-state index in [0.29, 0.717) is 11.1 Å². The van der Waals surface area contributed by atoms with E-state index in [1.807, 2.05) is 0 Å². The van der Waals surface area contributed by atoms with E-state index in [-0.39, 0.29) is 35.3 Å². The molecule has 0 aliphatic rings. The lowest BCUT2D eigenvalue weighted by atomic mass is 10.2. The minimum atomic E-state index is -0.582. The summed E-state index contributed by atoms with van der Waals surface area (Å²) in [6.07, 6.45) is 0. The van der Waals surface area contributed by atoms with Gasteiger partial charge in [-0.05, 0) is 23.3 Å². The van der Waals surface area contributed by atoms with Gasteiger partial charge in [0, 0.05) is 12.1 Å². The Kier molecular flexibility index (Phi) is 7.05. The van der Waals surface area contributed by atoms with Crippen LogP contribution in [0.1, 0.15) is 11.1 Å². The van der Waals surface area contributed by atoms with Crippen molar-refractivity contribution in [1.82, 2.24) is 0 Å². The van der Waals surface area contributed by atoms with Gasteiger partial charge < -0.3 is 15.9 Å². The Morgan fingerprint density at radius 2 is 1.38 bits per heavy atom. The third kappa shape index (κ3) is 5.16. The molecule has 128 valence electrons. The Balaban J connectivity index is 0.000000240. The van der Waals surface area contributed by atoms with E-state index >= 15 is 0 Å². The van der Waals surface area contributed by atoms with E-state index < -0.39 is 9.85 Å². The molecule has 0 amide bonds. The highest BCUT2D eigenvalue weighted by molar-refractivity contribution is 6.32. The van der Waals surface area contributed by atoms with Gasteiger partial charge in [0.2, 0.25) is 0 Å². The first-order chi connectivity index (χ1) is 11.3. The molecule has 0 radical (unpaired) electrons. The van der Waals surface area contributed by atoms with E-state index in [2.05, 4.69) is 0 Å². The monoisotopic (exact) mass is 355 g/mol. The number of hydrogen-bond acceptors (Lipinski definition) is 7. The predicted molar refractivity (Wildman–Crippen MR) is 87.5 cm³/mol. The number of hydrogen-bond donors (Lipinski definition) is 3. The number of anilines is 1. The standard InChI is InChI=1S/C7H6ClNO3.C7H8N2O3/c2*8-6-2-1-5(4-10)3-7(6)9(11)12/h1-3,10H,4H2;1-3,10H,4,8H2. The van der Waals surface area contributed by atoms with Gasteiger partial charge in [-0.15, -0.1) is 0 Å². The molecular weight excluding hydrogens is 342 g/mol. The van der Waals surface area contributed by atoms with Crippen LogP contribution in [0.4, 0.5) is 17.1 Å². The van der Waals surface area contributed by atoms with E-state index in [1.54, 1.807) is 6.07 Å². The maximum absolute atomic E-state index is 10.3. The molecule has 0 aliphatic carbocycles. The minimum Gasteiger partial charge on any atom is -0.393 e. The van der Waals surface area contributed by atoms with Crippen molar-refractivity contribution in [1.29, 1.82) is 0 Å². The molecule has 0 bridgehead atoms. The third-order valence-corrected chi connectivity index (χ3v) is 3.18. The minimum absolute atomic E-state index is 0.0807. The Bertz CT molecular complexity index is 690. The van der Waals surface area contributed by atoms with Crippen LogP contribution < -0.4 is 5.73 Å². The number of nitrogen functional groups attached to an aromatic ring is 1. The number of aliphatic hydroxyl groups is 2. The zero-order valence-corrected chi connectivity index (χ0v) is 13.0. The van der Waals surface area contributed by atoms with Crippen molar-refractivity contribution in [3.8, 4) is 0 Å². The van der Waals surface area contributed by atoms with Crippen LogP contribution in [0.2, 0.25) is 5.02 Å². The third-order valence-electron chi connectivity index (χ3n) is 2.86. The molecule has 2 aromatic rings. The topological polar surface area (TPSA) is 153 Å². The lowest BCUT2D eigenvalue weighted by molar-refractivity contribution is -0.384. The molecule has 2 rings (SSSR count). The second-order valence-corrected chi connectivity index (χ2v) is 4.92. The number of aliphatic hydroxyl groups excluding tert-OH is 2. The van der Waals surface area contributed by atoms with E-state index in [9.17, 15) is 20.2 Å². The lowest BCUT2D eigenvalue weighted by Crippen LogP contribution is -1.96. The molecule has 24 heavy (non-hydrogen) atoms. The summed E-state index contributed by atoms with van der Waals surface area (Å²) in [6, 6.07) is 8.39. The van der Waals surface area contributed by atoms with Crippen molar-refractivity contribution >= 4 is 28.7 Å². The summed E-state index contributed by atoms with van der Waals surface area (Å²) in [4.78, 5) is 19.5. The van der Waals surface area contributed by atoms with Crippen LogP contribution in [0.15, 0.2) is 36.4 Å². The molecule has 4 N–H and O–H groups in total. The summed E-state index contributed by atoms with van der Waals surface area (Å²) in [5.41, 5.74) is 6.05. The normalized spacial score (nSPS) is 9.79. The summed E-state index contributed by atoms with van der Waals surface area (Å²) in [6.45, 7) is -0.445. The fourth-order valence-corrected chi connectivity index (χ4v) is 1.83. The second-order valence-electron chi connectivity index (χ2n) is 4.51. The molecule has 0 atom stereocenters. The molecule has 0 saturated heterocycles. The van der Waals surface area contributed by atoms with Crippen LogP contribution in [0, 0.1) is 20.2 Å². The number of nitro groups is 2. The van der Waals surface area contributed by atoms with E-state index in [4.69, 9.17) is 27.5 Å². The van der Waals surface area contributed by atoms with Gasteiger partial charge in [0.05, 0.1) is 23.1 Å². The van der Waals surface area contributed by atoms with Crippen molar-refractivity contribution in [2.24, 2.45) is 0 Å². The Labute approximate surface area is 141 Å². The fraction of sp³-hybridized carbons (Fsp3) is 0.143. The van der Waals surface area contributed by atoms with E-state index in [0.717, 1.165) is 0 Å². The predicted octanol–water partition coefficient (Wildman–Crippen LogP) is 2.41. The van der Waals surface area contributed by atoms with Crippen molar-refractivity contribution in [3.63, 3.8) is 0 Å². The van der Waals surface area contributed by atoms with Gasteiger partial charge in [-0.3, -0.25) is 20.2 Å². The van der Waals surface area contributed by atoms with Gasteiger partial charge in [0.1, 0.15) is 10.7 Å². The summed E-state index contributed by atoms with van der Waals surface area (Å²) in [5, 5.41) is 38.1. The fourth-order valence-electron chi connectivity index (χ4n) is 1.64. The zero-order chi connectivity index (χ0) is 18.3. The number of halogens is 1. The Morgan fingerprint density at radius 1 is 0.917 bits per heavy atom. The molecule has 0 aliphatic heterocycles. The summed E-state index contributed by atoms with van der Waals surface area (Å²) < 4.78 is 0. The smallest absolute Gasteiger partial charge is 0.292 e. The quantitative estimate of drug-likeness (QED) is 0.432. The second kappa shape index (κ2) is 8.77. The van der Waals surface area contributed by atoms with E-state index in [1.165, 1.54) is 30.3 Å². The Hall–Kier alpha value is -2.75. The van der Waals surface area contributed by atoms with Crippen molar-refractivity contribution < 1.29 is 20.1 Å². The van der Waals surface area contributed by atoms with Gasteiger partial charge in [0.25, 0.3) is 11.4 Å². The molecular formula is C14H14ClN3O6. The van der Waals surface area contributed by atoms with Gasteiger partial charge >= 0.3 is 0 Å². The SMILES string of the molecule is Nc1ccc(CO)cc1[N+](=O)[O-].O=[N+]([O-])c1cc(CO)ccc1Cl. The van der Waals surface area contributed by atoms with Gasteiger partial charge in [-0.25, -0.2) is 0 Å². The molecule has 0 spiro atoms. The molecule has 0 aromatic heterocycles. The molecule has 0 heterocycles. The highest BCUT2D eigenvalue weighted by atomic mass is 35.5. The van der Waals surface area contributed by atoms with Crippen LogP contribution in [0.25, 0.3) is 0 Å². The van der Waals surface area contributed by atoms with Crippen LogP contribution >= 0.6 is 11.6 Å². The first-order valence-electron chi connectivity index (χ1n) is 6.47. The molecule has 0 unspecified atom stereocenters. The van der Waals surface area contributed by atoms with Crippen molar-refractivity contribution in [3.05, 3.63) is 72.8 Å². The molecule has 0 saturated carbocycles. The summed E-state index contributed by atoms with van der Waals surface area (Å²) in [5.74, 6) is 0. The van der Waals surface area contributed by atoms with Crippen LogP contribution in [0.3, 0.4) is 0 Å². The largest absolute Gasteiger partial charge is 0.393 e. The highest BCUT2D eigenvalue weighted by Crippen LogP contribution is 2.25. The first-order valence-corrected chi connectivity index (χ1v) is 6.85. The Morgan fingerprint density at radius 3 is 1.83 bits per heavy atom. The number of nitrogens with zero attached hydrogens (tertiary/aromatic N) is 2. The maximum atomic E-state index is 10.3. The molecule has 0 fully saturated rings. The van der Waals surface area contributed by atoms with Crippen molar-refractivity contribution in [2.75, 3.05) is 5.73 Å². The lowest BCUT2D eigenvalue weighted by Gasteiger charge is -1.98.